The van der Waals surface area contributed by atoms with Gasteiger partial charge in [0.1, 0.15) is 5.60 Å². The van der Waals surface area contributed by atoms with E-state index in [4.69, 9.17) is 9.47 Å². The number of nitrogens with zero attached hydrogens (tertiary/aromatic N) is 1. The molecule has 20 heavy (non-hydrogen) atoms. The molecule has 0 aromatic carbocycles. The predicted molar refractivity (Wildman–Crippen MR) is 79.9 cm³/mol. The highest BCUT2D eigenvalue weighted by Crippen LogP contribution is 2.22. The van der Waals surface area contributed by atoms with Crippen LogP contribution in [0.5, 0.6) is 0 Å². The van der Waals surface area contributed by atoms with Crippen LogP contribution in [-0.4, -0.2) is 55.0 Å². The molecule has 5 nitrogen and oxygen atoms in total. The molecular formula is C15H30N2O3. The van der Waals surface area contributed by atoms with E-state index >= 15 is 0 Å². The zero-order valence-electron chi connectivity index (χ0n) is 13.7. The second-order valence-electron chi connectivity index (χ2n) is 6.75. The SMILES string of the molecule is COC1CC(NCCN(C(=O)OC(C)(C)C)C(C)C)C1. The van der Waals surface area contributed by atoms with Gasteiger partial charge in [0.2, 0.25) is 0 Å². The summed E-state index contributed by atoms with van der Waals surface area (Å²) in [6.07, 6.45) is 2.28. The summed E-state index contributed by atoms with van der Waals surface area (Å²) in [5.41, 5.74) is -0.447. The van der Waals surface area contributed by atoms with E-state index in [1.165, 1.54) is 0 Å². The number of hydrogen-bond acceptors (Lipinski definition) is 4. The fourth-order valence-corrected chi connectivity index (χ4v) is 2.19. The molecule has 1 rings (SSSR count). The number of carbonyl (C=O) groups is 1. The molecule has 1 saturated carbocycles. The Morgan fingerprint density at radius 3 is 2.40 bits per heavy atom. The topological polar surface area (TPSA) is 50.8 Å². The van der Waals surface area contributed by atoms with E-state index in [0.717, 1.165) is 19.4 Å². The van der Waals surface area contributed by atoms with Crippen LogP contribution in [0.3, 0.4) is 0 Å². The highest BCUT2D eigenvalue weighted by molar-refractivity contribution is 5.68. The number of ether oxygens (including phenoxy) is 2. The Morgan fingerprint density at radius 2 is 1.95 bits per heavy atom. The van der Waals surface area contributed by atoms with Crippen molar-refractivity contribution >= 4 is 6.09 Å². The largest absolute Gasteiger partial charge is 0.444 e. The van der Waals surface area contributed by atoms with Gasteiger partial charge in [-0.1, -0.05) is 0 Å². The Morgan fingerprint density at radius 1 is 1.35 bits per heavy atom. The molecule has 0 heterocycles. The standard InChI is InChI=1S/C15H30N2O3/c1-11(2)17(14(18)20-15(3,4)5)8-7-16-12-9-13(10-12)19-6/h11-13,16H,7-10H2,1-6H3. The molecule has 0 aromatic heterocycles. The van der Waals surface area contributed by atoms with E-state index in [9.17, 15) is 4.79 Å². The number of amides is 1. The molecule has 1 aliphatic carbocycles. The molecular weight excluding hydrogens is 256 g/mol. The maximum absolute atomic E-state index is 12.1. The lowest BCUT2D eigenvalue weighted by Crippen LogP contribution is -2.49. The predicted octanol–water partition coefficient (Wildman–Crippen LogP) is 2.40. The summed E-state index contributed by atoms with van der Waals surface area (Å²) in [6, 6.07) is 0.660. The highest BCUT2D eigenvalue weighted by atomic mass is 16.6. The molecule has 118 valence electrons. The fraction of sp³-hybridized carbons (Fsp3) is 0.933. The lowest BCUT2D eigenvalue weighted by molar-refractivity contribution is 0.0110. The number of carbonyl (C=O) groups excluding carboxylic acids is 1. The van der Waals surface area contributed by atoms with Crippen molar-refractivity contribution in [2.24, 2.45) is 0 Å². The summed E-state index contributed by atoms with van der Waals surface area (Å²) in [7, 11) is 1.75. The van der Waals surface area contributed by atoms with Gasteiger partial charge in [-0.3, -0.25) is 0 Å². The van der Waals surface area contributed by atoms with Crippen molar-refractivity contribution in [2.45, 2.75) is 71.2 Å². The summed E-state index contributed by atoms with van der Waals surface area (Å²) in [5, 5.41) is 3.46. The molecule has 5 heteroatoms. The van der Waals surface area contributed by atoms with Gasteiger partial charge < -0.3 is 19.7 Å². The van der Waals surface area contributed by atoms with Crippen molar-refractivity contribution in [1.29, 1.82) is 0 Å². The van der Waals surface area contributed by atoms with Crippen LogP contribution in [0.1, 0.15) is 47.5 Å². The maximum atomic E-state index is 12.1. The molecule has 1 fully saturated rings. The van der Waals surface area contributed by atoms with Crippen LogP contribution in [0.15, 0.2) is 0 Å². The van der Waals surface area contributed by atoms with E-state index in [-0.39, 0.29) is 12.1 Å². The van der Waals surface area contributed by atoms with Crippen molar-refractivity contribution in [2.75, 3.05) is 20.2 Å². The number of methoxy groups -OCH3 is 1. The van der Waals surface area contributed by atoms with Crippen LogP contribution in [-0.2, 0) is 9.47 Å². The quantitative estimate of drug-likeness (QED) is 0.814. The molecule has 0 atom stereocenters. The molecule has 0 spiro atoms. The third kappa shape index (κ3) is 5.67. The highest BCUT2D eigenvalue weighted by Gasteiger charge is 2.29. The Labute approximate surface area is 123 Å². The van der Waals surface area contributed by atoms with Crippen molar-refractivity contribution in [1.82, 2.24) is 10.2 Å². The van der Waals surface area contributed by atoms with Crippen LogP contribution in [0.2, 0.25) is 0 Å². The van der Waals surface area contributed by atoms with E-state index < -0.39 is 5.60 Å². The van der Waals surface area contributed by atoms with Crippen LogP contribution in [0.4, 0.5) is 4.79 Å². The minimum absolute atomic E-state index is 0.139. The van der Waals surface area contributed by atoms with Gasteiger partial charge >= 0.3 is 6.09 Å². The first kappa shape index (κ1) is 17.2. The number of hydrogen-bond donors (Lipinski definition) is 1. The zero-order valence-corrected chi connectivity index (χ0v) is 13.7. The maximum Gasteiger partial charge on any atom is 0.410 e. The lowest BCUT2D eigenvalue weighted by Gasteiger charge is -2.36. The Balaban J connectivity index is 2.31. The Bertz CT molecular complexity index is 307. The van der Waals surface area contributed by atoms with Crippen molar-refractivity contribution in [3.05, 3.63) is 0 Å². The first-order valence-corrected chi connectivity index (χ1v) is 7.48. The van der Waals surface area contributed by atoms with Crippen molar-refractivity contribution in [3.8, 4) is 0 Å². The minimum Gasteiger partial charge on any atom is -0.444 e. The Kier molecular flexibility index (Phi) is 6.27. The number of rotatable bonds is 6. The van der Waals surface area contributed by atoms with E-state index in [1.807, 2.05) is 34.6 Å². The third-order valence-corrected chi connectivity index (χ3v) is 3.47. The molecule has 0 bridgehead atoms. The molecule has 1 amide bonds. The average Bonchev–Trinajstić information content (AvgIpc) is 2.23. The van der Waals surface area contributed by atoms with Gasteiger partial charge in [-0.25, -0.2) is 4.79 Å². The second-order valence-corrected chi connectivity index (χ2v) is 6.75. The molecule has 0 radical (unpaired) electrons. The zero-order chi connectivity index (χ0) is 15.3. The summed E-state index contributed by atoms with van der Waals surface area (Å²) in [4.78, 5) is 13.9. The van der Waals surface area contributed by atoms with Crippen molar-refractivity contribution < 1.29 is 14.3 Å². The third-order valence-electron chi connectivity index (χ3n) is 3.47. The van der Waals surface area contributed by atoms with Gasteiger partial charge in [0.05, 0.1) is 6.10 Å². The average molecular weight is 286 g/mol. The summed E-state index contributed by atoms with van der Waals surface area (Å²) in [6.45, 7) is 11.1. The van der Waals surface area contributed by atoms with Crippen LogP contribution in [0, 0.1) is 0 Å². The summed E-state index contributed by atoms with van der Waals surface area (Å²) < 4.78 is 10.7. The van der Waals surface area contributed by atoms with Gasteiger partial charge in [-0.2, -0.15) is 0 Å². The molecule has 1 aliphatic rings. The minimum atomic E-state index is -0.447. The molecule has 1 N–H and O–H groups in total. The molecule has 0 aromatic rings. The first-order valence-electron chi connectivity index (χ1n) is 7.48. The van der Waals surface area contributed by atoms with Crippen LogP contribution >= 0.6 is 0 Å². The van der Waals surface area contributed by atoms with E-state index in [0.29, 0.717) is 18.7 Å². The van der Waals surface area contributed by atoms with Crippen molar-refractivity contribution in [3.63, 3.8) is 0 Å². The molecule has 0 unspecified atom stereocenters. The smallest absolute Gasteiger partial charge is 0.410 e. The van der Waals surface area contributed by atoms with Gasteiger partial charge in [-0.15, -0.1) is 0 Å². The summed E-state index contributed by atoms with van der Waals surface area (Å²) >= 11 is 0. The molecule has 0 saturated heterocycles. The van der Waals surface area contributed by atoms with Gasteiger partial charge in [0.15, 0.2) is 0 Å². The second kappa shape index (κ2) is 7.27. The molecule has 0 aliphatic heterocycles. The first-order chi connectivity index (χ1) is 9.23. The fourth-order valence-electron chi connectivity index (χ4n) is 2.19. The van der Waals surface area contributed by atoms with E-state index in [2.05, 4.69) is 5.32 Å². The van der Waals surface area contributed by atoms with Crippen LogP contribution in [0.25, 0.3) is 0 Å². The Hall–Kier alpha value is -0.810. The van der Waals surface area contributed by atoms with Gasteiger partial charge in [0, 0.05) is 32.3 Å². The van der Waals surface area contributed by atoms with E-state index in [1.54, 1.807) is 12.0 Å². The van der Waals surface area contributed by atoms with Crippen LogP contribution < -0.4 is 5.32 Å². The normalized spacial score (nSPS) is 22.6. The van der Waals surface area contributed by atoms with Gasteiger partial charge in [0.25, 0.3) is 0 Å². The number of nitrogens with one attached hydrogen (secondary N) is 1. The summed E-state index contributed by atoms with van der Waals surface area (Å²) in [5.74, 6) is 0. The van der Waals surface area contributed by atoms with Gasteiger partial charge in [-0.05, 0) is 47.5 Å². The lowest BCUT2D eigenvalue weighted by atomic mass is 9.89. The monoisotopic (exact) mass is 286 g/mol.